The Kier molecular flexibility index (Phi) is 6.10. The van der Waals surface area contributed by atoms with E-state index in [4.69, 9.17) is 10.00 Å². The Morgan fingerprint density at radius 1 is 1.31 bits per heavy atom. The van der Waals surface area contributed by atoms with Gasteiger partial charge in [0, 0.05) is 37.1 Å². The molecule has 4 rings (SSSR count). The number of anilines is 3. The van der Waals surface area contributed by atoms with Gasteiger partial charge in [0.1, 0.15) is 17.2 Å². The summed E-state index contributed by atoms with van der Waals surface area (Å²) in [6, 6.07) is 16.2. The first-order valence-corrected chi connectivity index (χ1v) is 10.6. The Bertz CT molecular complexity index is 968. The molecule has 3 aromatic rings. The van der Waals surface area contributed by atoms with Gasteiger partial charge in [0.05, 0.1) is 17.2 Å². The van der Waals surface area contributed by atoms with Crippen LogP contribution in [0.1, 0.15) is 18.2 Å². The number of thiophene rings is 1. The largest absolute Gasteiger partial charge is 0.356 e. The first-order chi connectivity index (χ1) is 14.3. The molecule has 1 aliphatic rings. The second-order valence-corrected chi connectivity index (χ2v) is 7.92. The molecule has 1 aliphatic heterocycles. The van der Waals surface area contributed by atoms with E-state index in [1.54, 1.807) is 0 Å². The van der Waals surface area contributed by atoms with E-state index in [-0.39, 0.29) is 6.23 Å². The zero-order valence-corrected chi connectivity index (χ0v) is 17.1. The van der Waals surface area contributed by atoms with E-state index >= 15 is 0 Å². The Morgan fingerprint density at radius 2 is 2.17 bits per heavy atom. The Morgan fingerprint density at radius 3 is 2.86 bits per heavy atom. The summed E-state index contributed by atoms with van der Waals surface area (Å²) in [6.45, 7) is 5.63. The molecule has 8 heteroatoms. The molecular weight excluding hydrogens is 384 g/mol. The molecule has 0 aliphatic carbocycles. The van der Waals surface area contributed by atoms with Gasteiger partial charge in [0.2, 0.25) is 0 Å². The Hall–Kier alpha value is -2.86. The van der Waals surface area contributed by atoms with Crippen molar-refractivity contribution in [1.82, 2.24) is 15.5 Å². The molecule has 150 valence electrons. The smallest absolute Gasteiger partial charge is 0.152 e. The third-order valence-corrected chi connectivity index (χ3v) is 5.77. The molecule has 1 fully saturated rings. The number of benzene rings is 1. The van der Waals surface area contributed by atoms with Gasteiger partial charge in [-0.3, -0.25) is 5.10 Å². The van der Waals surface area contributed by atoms with Crippen LogP contribution in [0.15, 0.2) is 42.5 Å². The van der Waals surface area contributed by atoms with Gasteiger partial charge in [0.15, 0.2) is 5.82 Å². The first kappa shape index (κ1) is 19.5. The Labute approximate surface area is 174 Å². The maximum absolute atomic E-state index is 8.98. The molecule has 29 heavy (non-hydrogen) atoms. The van der Waals surface area contributed by atoms with E-state index in [1.807, 2.05) is 18.2 Å². The first-order valence-electron chi connectivity index (χ1n) is 9.78. The third-order valence-electron chi connectivity index (χ3n) is 4.75. The van der Waals surface area contributed by atoms with E-state index in [0.29, 0.717) is 4.88 Å². The molecule has 1 atom stereocenters. The molecule has 1 unspecified atom stereocenters. The fraction of sp³-hybridized carbons (Fsp3) is 0.333. The zero-order valence-electron chi connectivity index (χ0n) is 16.3. The van der Waals surface area contributed by atoms with Gasteiger partial charge in [-0.2, -0.15) is 10.4 Å². The number of nitriles is 1. The summed E-state index contributed by atoms with van der Waals surface area (Å²) >= 11 is 1.45. The minimum absolute atomic E-state index is 0.0699. The molecule has 1 aromatic carbocycles. The standard InChI is InChI=1S/C21H24N6OS/c1-2-10-27(21-14-23-9-11-28-21)16-5-3-15(4-6-16)24-20-12-18(25-26-20)19-8-7-17(13-22)29-19/h3-8,12,21,23H,2,9-11,14H2,1H3,(H2,24,25,26). The number of hydrogen-bond acceptors (Lipinski definition) is 7. The zero-order chi connectivity index (χ0) is 20.1. The van der Waals surface area contributed by atoms with Gasteiger partial charge in [0.25, 0.3) is 0 Å². The lowest BCUT2D eigenvalue weighted by Gasteiger charge is -2.36. The van der Waals surface area contributed by atoms with Crippen molar-refractivity contribution in [3.8, 4) is 16.6 Å². The normalized spacial score (nSPS) is 16.3. The minimum atomic E-state index is 0.0699. The van der Waals surface area contributed by atoms with Crippen molar-refractivity contribution in [3.05, 3.63) is 47.3 Å². The molecule has 0 spiro atoms. The van der Waals surface area contributed by atoms with Crippen LogP contribution in [0.4, 0.5) is 17.2 Å². The lowest BCUT2D eigenvalue weighted by atomic mass is 10.2. The van der Waals surface area contributed by atoms with Gasteiger partial charge in [-0.25, -0.2) is 0 Å². The summed E-state index contributed by atoms with van der Waals surface area (Å²) in [5.41, 5.74) is 3.01. The summed E-state index contributed by atoms with van der Waals surface area (Å²) < 4.78 is 5.94. The van der Waals surface area contributed by atoms with Crippen molar-refractivity contribution in [1.29, 1.82) is 5.26 Å². The van der Waals surface area contributed by atoms with E-state index in [9.17, 15) is 0 Å². The highest BCUT2D eigenvalue weighted by molar-refractivity contribution is 7.15. The van der Waals surface area contributed by atoms with Gasteiger partial charge < -0.3 is 20.3 Å². The van der Waals surface area contributed by atoms with E-state index < -0.39 is 0 Å². The second kappa shape index (κ2) is 9.09. The van der Waals surface area contributed by atoms with Crippen molar-refractivity contribution in [3.63, 3.8) is 0 Å². The van der Waals surface area contributed by atoms with Crippen molar-refractivity contribution >= 4 is 28.5 Å². The maximum Gasteiger partial charge on any atom is 0.152 e. The number of H-pyrrole nitrogens is 1. The van der Waals surface area contributed by atoms with Crippen LogP contribution in [0.25, 0.3) is 10.6 Å². The summed E-state index contributed by atoms with van der Waals surface area (Å²) in [7, 11) is 0. The number of nitrogens with one attached hydrogen (secondary N) is 3. The number of nitrogens with zero attached hydrogens (tertiary/aromatic N) is 3. The molecule has 2 aromatic heterocycles. The fourth-order valence-corrected chi connectivity index (χ4v) is 4.14. The highest BCUT2D eigenvalue weighted by atomic mass is 32.1. The highest BCUT2D eigenvalue weighted by Gasteiger charge is 2.21. The molecule has 3 N–H and O–H groups in total. The Balaban J connectivity index is 1.44. The van der Waals surface area contributed by atoms with Gasteiger partial charge >= 0.3 is 0 Å². The van der Waals surface area contributed by atoms with E-state index in [2.05, 4.69) is 63.0 Å². The number of morpholine rings is 1. The number of hydrogen-bond donors (Lipinski definition) is 3. The van der Waals surface area contributed by atoms with Crippen LogP contribution in [-0.4, -0.2) is 42.7 Å². The van der Waals surface area contributed by atoms with Gasteiger partial charge in [-0.05, 0) is 42.8 Å². The SMILES string of the molecule is CCCN(c1ccc(Nc2cc(-c3ccc(C#N)s3)[nH]n2)cc1)C1CNCCO1. The maximum atomic E-state index is 8.98. The molecule has 0 radical (unpaired) electrons. The van der Waals surface area contributed by atoms with Crippen molar-refractivity contribution < 1.29 is 4.74 Å². The molecule has 0 saturated carbocycles. The van der Waals surface area contributed by atoms with Crippen LogP contribution in [-0.2, 0) is 4.74 Å². The van der Waals surface area contributed by atoms with Crippen LogP contribution >= 0.6 is 11.3 Å². The van der Waals surface area contributed by atoms with Crippen molar-refractivity contribution in [2.24, 2.45) is 0 Å². The third kappa shape index (κ3) is 4.59. The minimum Gasteiger partial charge on any atom is -0.356 e. The highest BCUT2D eigenvalue weighted by Crippen LogP contribution is 2.29. The fourth-order valence-electron chi connectivity index (χ4n) is 3.37. The van der Waals surface area contributed by atoms with Crippen LogP contribution < -0.4 is 15.5 Å². The number of ether oxygens (including phenoxy) is 1. The average molecular weight is 409 g/mol. The number of aromatic amines is 1. The quantitative estimate of drug-likeness (QED) is 0.549. The number of aromatic nitrogens is 2. The van der Waals surface area contributed by atoms with Gasteiger partial charge in [-0.15, -0.1) is 11.3 Å². The predicted octanol–water partition coefficient (Wildman–Crippen LogP) is 3.92. The van der Waals surface area contributed by atoms with Crippen LogP contribution in [0.5, 0.6) is 0 Å². The summed E-state index contributed by atoms with van der Waals surface area (Å²) in [6.07, 6.45) is 1.13. The van der Waals surface area contributed by atoms with Crippen molar-refractivity contribution in [2.75, 3.05) is 36.5 Å². The second-order valence-electron chi connectivity index (χ2n) is 6.84. The molecule has 0 bridgehead atoms. The molecular formula is C21H24N6OS. The molecule has 3 heterocycles. The molecule has 7 nitrogen and oxygen atoms in total. The lowest BCUT2D eigenvalue weighted by Crippen LogP contribution is -2.49. The van der Waals surface area contributed by atoms with Crippen LogP contribution in [0.3, 0.4) is 0 Å². The topological polar surface area (TPSA) is 89.0 Å². The summed E-state index contributed by atoms with van der Waals surface area (Å²) in [5.74, 6) is 0.741. The molecule has 1 saturated heterocycles. The van der Waals surface area contributed by atoms with E-state index in [1.165, 1.54) is 11.3 Å². The van der Waals surface area contributed by atoms with E-state index in [0.717, 1.165) is 60.4 Å². The predicted molar refractivity (Wildman–Crippen MR) is 117 cm³/mol. The van der Waals surface area contributed by atoms with Crippen molar-refractivity contribution in [2.45, 2.75) is 19.6 Å². The monoisotopic (exact) mass is 408 g/mol. The number of rotatable bonds is 7. The summed E-state index contributed by atoms with van der Waals surface area (Å²) in [4.78, 5) is 3.99. The average Bonchev–Trinajstić information content (AvgIpc) is 3.43. The summed E-state index contributed by atoms with van der Waals surface area (Å²) in [5, 5.41) is 23.1. The van der Waals surface area contributed by atoms with Gasteiger partial charge in [-0.1, -0.05) is 6.92 Å². The van der Waals surface area contributed by atoms with Crippen LogP contribution in [0, 0.1) is 11.3 Å². The molecule has 0 amide bonds. The van der Waals surface area contributed by atoms with Crippen LogP contribution in [0.2, 0.25) is 0 Å². The lowest BCUT2D eigenvalue weighted by molar-refractivity contribution is 0.0266.